The second-order valence-electron chi connectivity index (χ2n) is 7.38. The third kappa shape index (κ3) is 2.92. The number of thiophene rings is 1. The molecule has 136 valence electrons. The average Bonchev–Trinajstić information content (AvgIpc) is 2.99. The van der Waals surface area contributed by atoms with Crippen molar-refractivity contribution in [2.45, 2.75) is 46.6 Å². The first-order valence-electron chi connectivity index (χ1n) is 8.93. The number of aryl methyl sites for hydroxylation is 3. The lowest BCUT2D eigenvalue weighted by Crippen LogP contribution is -2.25. The third-order valence-corrected chi connectivity index (χ3v) is 6.35. The van der Waals surface area contributed by atoms with Gasteiger partial charge in [0.05, 0.1) is 11.4 Å². The van der Waals surface area contributed by atoms with Crippen molar-refractivity contribution in [3.8, 4) is 0 Å². The summed E-state index contributed by atoms with van der Waals surface area (Å²) >= 11 is 1.45. The summed E-state index contributed by atoms with van der Waals surface area (Å²) in [5.74, 6) is 3.89. The van der Waals surface area contributed by atoms with Crippen LogP contribution in [0.25, 0.3) is 10.2 Å². The molecule has 0 aliphatic heterocycles. The van der Waals surface area contributed by atoms with Crippen LogP contribution in [0, 0.1) is 26.7 Å². The highest BCUT2D eigenvalue weighted by atomic mass is 32.1. The minimum absolute atomic E-state index is 0.000271. The van der Waals surface area contributed by atoms with Gasteiger partial charge in [-0.05, 0) is 50.8 Å². The van der Waals surface area contributed by atoms with E-state index in [0.717, 1.165) is 43.7 Å². The number of hydrogen-bond donors (Lipinski definition) is 0. The smallest absolute Gasteiger partial charge is 0.264 e. The fraction of sp³-hybridized carbons (Fsp3) is 0.450. The molecule has 6 heteroatoms. The minimum atomic E-state index is 0.000271. The summed E-state index contributed by atoms with van der Waals surface area (Å²) in [6.07, 6.45) is 1.20. The molecule has 0 N–H and O–H groups in total. The predicted molar refractivity (Wildman–Crippen MR) is 103 cm³/mol. The first-order chi connectivity index (χ1) is 12.3. The van der Waals surface area contributed by atoms with Gasteiger partial charge in [-0.3, -0.25) is 4.79 Å². The Kier molecular flexibility index (Phi) is 4.10. The number of nitrogens with zero attached hydrogens (tertiary/aromatic N) is 3. The molecule has 0 radical (unpaired) electrons. The van der Waals surface area contributed by atoms with E-state index in [0.29, 0.717) is 18.4 Å². The number of furan rings is 1. The molecular weight excluding hydrogens is 346 g/mol. The quantitative estimate of drug-likeness (QED) is 0.674. The summed E-state index contributed by atoms with van der Waals surface area (Å²) < 4.78 is 5.95. The van der Waals surface area contributed by atoms with Gasteiger partial charge in [-0.2, -0.15) is 0 Å². The second-order valence-corrected chi connectivity index (χ2v) is 8.38. The normalized spacial score (nSPS) is 19.1. The van der Waals surface area contributed by atoms with Crippen molar-refractivity contribution >= 4 is 27.5 Å². The molecule has 1 aliphatic rings. The molecule has 0 aromatic carbocycles. The van der Waals surface area contributed by atoms with Crippen LogP contribution in [-0.4, -0.2) is 27.8 Å². The molecule has 1 amide bonds. The predicted octanol–water partition coefficient (Wildman–Crippen LogP) is 4.61. The summed E-state index contributed by atoms with van der Waals surface area (Å²) in [5.41, 5.74) is 1.89. The number of hydrogen-bond acceptors (Lipinski definition) is 5. The maximum Gasteiger partial charge on any atom is 0.264 e. The SMILES string of the molecule is Cc1nc(C)c2c(C)c(C(=O)N(C)Cc3ccc(C4CC4C)o3)sc2n1. The number of aromatic nitrogens is 2. The van der Waals surface area contributed by atoms with E-state index in [-0.39, 0.29) is 5.91 Å². The number of carbonyl (C=O) groups is 1. The van der Waals surface area contributed by atoms with Gasteiger partial charge in [0.15, 0.2) is 0 Å². The van der Waals surface area contributed by atoms with Gasteiger partial charge in [-0.15, -0.1) is 11.3 Å². The van der Waals surface area contributed by atoms with Crippen molar-refractivity contribution < 1.29 is 9.21 Å². The lowest BCUT2D eigenvalue weighted by Gasteiger charge is -2.15. The van der Waals surface area contributed by atoms with Crippen LogP contribution in [0.15, 0.2) is 16.5 Å². The van der Waals surface area contributed by atoms with E-state index in [4.69, 9.17) is 4.42 Å². The van der Waals surface area contributed by atoms with Crippen LogP contribution in [0.1, 0.15) is 57.5 Å². The van der Waals surface area contributed by atoms with Crippen LogP contribution in [0.5, 0.6) is 0 Å². The lowest BCUT2D eigenvalue weighted by atomic mass is 10.1. The van der Waals surface area contributed by atoms with Crippen LogP contribution in [-0.2, 0) is 6.54 Å². The fourth-order valence-corrected chi connectivity index (χ4v) is 4.83. The van der Waals surface area contributed by atoms with E-state index in [9.17, 15) is 4.79 Å². The van der Waals surface area contributed by atoms with Gasteiger partial charge in [0.25, 0.3) is 5.91 Å². The van der Waals surface area contributed by atoms with E-state index >= 15 is 0 Å². The summed E-state index contributed by atoms with van der Waals surface area (Å²) in [4.78, 5) is 25.2. The molecular formula is C20H23N3O2S. The summed E-state index contributed by atoms with van der Waals surface area (Å²) in [6.45, 7) is 8.53. The molecule has 1 fully saturated rings. The Labute approximate surface area is 157 Å². The van der Waals surface area contributed by atoms with Crippen molar-refractivity contribution in [2.75, 3.05) is 7.05 Å². The van der Waals surface area contributed by atoms with Gasteiger partial charge in [0.1, 0.15) is 22.2 Å². The zero-order chi connectivity index (χ0) is 18.6. The Hall–Kier alpha value is -2.21. The lowest BCUT2D eigenvalue weighted by molar-refractivity contribution is 0.0779. The Morgan fingerprint density at radius 1 is 1.31 bits per heavy atom. The second kappa shape index (κ2) is 6.20. The standard InChI is InChI=1S/C20H23N3O2S/c1-10-8-15(10)16-7-6-14(25-16)9-23(5)20(24)18-11(2)17-12(3)21-13(4)22-19(17)26-18/h6-7,10,15H,8-9H2,1-5H3. The number of carbonyl (C=O) groups excluding carboxylic acids is 1. The molecule has 3 heterocycles. The number of fused-ring (bicyclic) bond motifs is 1. The van der Waals surface area contributed by atoms with Gasteiger partial charge in [0.2, 0.25) is 0 Å². The first kappa shape index (κ1) is 17.2. The van der Waals surface area contributed by atoms with E-state index in [1.165, 1.54) is 17.8 Å². The topological polar surface area (TPSA) is 59.2 Å². The van der Waals surface area contributed by atoms with Crippen LogP contribution in [0.4, 0.5) is 0 Å². The van der Waals surface area contributed by atoms with Gasteiger partial charge in [0, 0.05) is 24.0 Å². The molecule has 4 rings (SSSR count). The van der Waals surface area contributed by atoms with Crippen LogP contribution >= 0.6 is 11.3 Å². The van der Waals surface area contributed by atoms with Gasteiger partial charge in [-0.25, -0.2) is 9.97 Å². The van der Waals surface area contributed by atoms with Gasteiger partial charge < -0.3 is 9.32 Å². The zero-order valence-corrected chi connectivity index (χ0v) is 16.6. The monoisotopic (exact) mass is 369 g/mol. The Morgan fingerprint density at radius 3 is 2.73 bits per heavy atom. The van der Waals surface area contributed by atoms with E-state index < -0.39 is 0 Å². The highest BCUT2D eigenvalue weighted by Crippen LogP contribution is 2.47. The van der Waals surface area contributed by atoms with Crippen molar-refractivity contribution in [1.82, 2.24) is 14.9 Å². The molecule has 3 aromatic rings. The molecule has 2 atom stereocenters. The molecule has 2 unspecified atom stereocenters. The minimum Gasteiger partial charge on any atom is -0.464 e. The van der Waals surface area contributed by atoms with E-state index in [1.807, 2.05) is 40.0 Å². The fourth-order valence-electron chi connectivity index (χ4n) is 3.55. The molecule has 5 nitrogen and oxygen atoms in total. The molecule has 0 bridgehead atoms. The van der Waals surface area contributed by atoms with Crippen LogP contribution in [0.3, 0.4) is 0 Å². The Bertz CT molecular complexity index is 1000. The van der Waals surface area contributed by atoms with Crippen molar-refractivity contribution in [3.05, 3.63) is 45.6 Å². The molecule has 3 aromatic heterocycles. The van der Waals surface area contributed by atoms with Crippen molar-refractivity contribution in [2.24, 2.45) is 5.92 Å². The maximum atomic E-state index is 13.0. The zero-order valence-electron chi connectivity index (χ0n) is 15.8. The van der Waals surface area contributed by atoms with Crippen molar-refractivity contribution in [3.63, 3.8) is 0 Å². The number of amides is 1. The Morgan fingerprint density at radius 2 is 2.04 bits per heavy atom. The first-order valence-corrected chi connectivity index (χ1v) is 9.75. The largest absolute Gasteiger partial charge is 0.464 e. The van der Waals surface area contributed by atoms with Crippen molar-refractivity contribution in [1.29, 1.82) is 0 Å². The summed E-state index contributed by atoms with van der Waals surface area (Å²) in [6, 6.07) is 4.04. The van der Waals surface area contributed by atoms with Gasteiger partial charge in [-0.1, -0.05) is 6.92 Å². The van der Waals surface area contributed by atoms with E-state index in [2.05, 4.69) is 16.9 Å². The average molecular weight is 369 g/mol. The highest BCUT2D eigenvalue weighted by Gasteiger charge is 2.36. The number of rotatable bonds is 4. The van der Waals surface area contributed by atoms with Crippen LogP contribution in [0.2, 0.25) is 0 Å². The summed E-state index contributed by atoms with van der Waals surface area (Å²) in [7, 11) is 1.82. The van der Waals surface area contributed by atoms with E-state index in [1.54, 1.807) is 4.90 Å². The highest BCUT2D eigenvalue weighted by molar-refractivity contribution is 7.20. The molecule has 1 aliphatic carbocycles. The van der Waals surface area contributed by atoms with Crippen LogP contribution < -0.4 is 0 Å². The molecule has 0 saturated heterocycles. The Balaban J connectivity index is 1.57. The van der Waals surface area contributed by atoms with Gasteiger partial charge >= 0.3 is 0 Å². The maximum absolute atomic E-state index is 13.0. The molecule has 0 spiro atoms. The molecule has 26 heavy (non-hydrogen) atoms. The summed E-state index contributed by atoms with van der Waals surface area (Å²) in [5, 5.41) is 1.00. The molecule has 1 saturated carbocycles. The third-order valence-electron chi connectivity index (χ3n) is 5.17.